The molecule has 0 amide bonds. The number of nitrogens with two attached hydrogens (primary N) is 1. The minimum absolute atomic E-state index is 0.00277. The Labute approximate surface area is 111 Å². The Hall–Kier alpha value is -1.40. The van der Waals surface area contributed by atoms with Gasteiger partial charge in [0.2, 0.25) is 0 Å². The highest BCUT2D eigenvalue weighted by molar-refractivity contribution is 5.68. The summed E-state index contributed by atoms with van der Waals surface area (Å²) in [5.74, 6) is -1.33. The van der Waals surface area contributed by atoms with Gasteiger partial charge in [0.15, 0.2) is 5.82 Å². The topological polar surface area (TPSA) is 52.7 Å². The van der Waals surface area contributed by atoms with Gasteiger partial charge in [-0.05, 0) is 19.0 Å². The maximum atomic E-state index is 13.5. The second-order valence-corrected chi connectivity index (χ2v) is 4.73. The van der Waals surface area contributed by atoms with Crippen molar-refractivity contribution in [2.75, 3.05) is 50.0 Å². The number of hydrogen-bond donors (Lipinski definition) is 2. The predicted octanol–water partition coefficient (Wildman–Crippen LogP) is 1.05. The van der Waals surface area contributed by atoms with Crippen LogP contribution in [0.1, 0.15) is 6.42 Å². The molecule has 1 aliphatic rings. The molecule has 6 heteroatoms. The average molecular weight is 271 g/mol. The Morgan fingerprint density at radius 2 is 1.95 bits per heavy atom. The van der Waals surface area contributed by atoms with E-state index >= 15 is 0 Å². The quantitative estimate of drug-likeness (QED) is 0.807. The monoisotopic (exact) mass is 271 g/mol. The normalized spacial score (nSPS) is 17.5. The maximum Gasteiger partial charge on any atom is 0.151 e. The highest BCUT2D eigenvalue weighted by Gasteiger charge is 2.18. The lowest BCUT2D eigenvalue weighted by Gasteiger charge is -2.25. The first-order valence-corrected chi connectivity index (χ1v) is 6.44. The number of rotatable bonds is 3. The molecule has 0 bridgehead atoms. The van der Waals surface area contributed by atoms with Crippen LogP contribution in [0.4, 0.5) is 20.2 Å². The SMILES string of the molecule is Nc1c(F)cc(F)cc1N1CCCN(CCO)CC1. The number of aliphatic hydroxyl groups excluding tert-OH is 1. The van der Waals surface area contributed by atoms with Gasteiger partial charge in [0.05, 0.1) is 18.0 Å². The minimum atomic E-state index is -0.716. The Morgan fingerprint density at radius 3 is 2.68 bits per heavy atom. The van der Waals surface area contributed by atoms with E-state index in [-0.39, 0.29) is 12.3 Å². The van der Waals surface area contributed by atoms with Crippen molar-refractivity contribution in [2.45, 2.75) is 6.42 Å². The fourth-order valence-electron chi connectivity index (χ4n) is 2.41. The number of hydrogen-bond acceptors (Lipinski definition) is 4. The van der Waals surface area contributed by atoms with E-state index in [0.717, 1.165) is 25.6 Å². The third kappa shape index (κ3) is 3.33. The number of halogens is 2. The standard InChI is InChI=1S/C13H19F2N3O/c14-10-8-11(15)13(16)12(9-10)18-3-1-2-17(4-5-18)6-7-19/h8-9,19H,1-7,16H2. The van der Waals surface area contributed by atoms with Gasteiger partial charge in [-0.25, -0.2) is 8.78 Å². The lowest BCUT2D eigenvalue weighted by atomic mass is 10.2. The summed E-state index contributed by atoms with van der Waals surface area (Å²) in [5.41, 5.74) is 6.11. The van der Waals surface area contributed by atoms with Crippen LogP contribution in [0.25, 0.3) is 0 Å². The molecule has 0 unspecified atom stereocenters. The van der Waals surface area contributed by atoms with E-state index in [9.17, 15) is 8.78 Å². The van der Waals surface area contributed by atoms with Crippen LogP contribution in [0, 0.1) is 11.6 Å². The first-order valence-electron chi connectivity index (χ1n) is 6.44. The molecule has 4 nitrogen and oxygen atoms in total. The molecule has 3 N–H and O–H groups in total. The zero-order valence-electron chi connectivity index (χ0n) is 10.8. The zero-order valence-corrected chi connectivity index (χ0v) is 10.8. The Morgan fingerprint density at radius 1 is 1.16 bits per heavy atom. The maximum absolute atomic E-state index is 13.5. The van der Waals surface area contributed by atoms with Gasteiger partial charge >= 0.3 is 0 Å². The Balaban J connectivity index is 2.14. The van der Waals surface area contributed by atoms with Crippen LogP contribution < -0.4 is 10.6 Å². The van der Waals surface area contributed by atoms with Gasteiger partial charge in [0, 0.05) is 32.2 Å². The van der Waals surface area contributed by atoms with E-state index in [1.165, 1.54) is 6.07 Å². The highest BCUT2D eigenvalue weighted by atomic mass is 19.1. The molecule has 1 fully saturated rings. The van der Waals surface area contributed by atoms with Crippen LogP contribution in [-0.2, 0) is 0 Å². The lowest BCUT2D eigenvalue weighted by molar-refractivity contribution is 0.204. The zero-order chi connectivity index (χ0) is 13.8. The van der Waals surface area contributed by atoms with E-state index < -0.39 is 11.6 Å². The van der Waals surface area contributed by atoms with Crippen molar-refractivity contribution >= 4 is 11.4 Å². The lowest BCUT2D eigenvalue weighted by Crippen LogP contribution is -2.32. The molecule has 2 rings (SSSR count). The first-order chi connectivity index (χ1) is 9.11. The largest absolute Gasteiger partial charge is 0.395 e. The summed E-state index contributed by atoms with van der Waals surface area (Å²) in [6.45, 7) is 3.71. The van der Waals surface area contributed by atoms with E-state index in [1.54, 1.807) is 0 Å². The molecule has 1 aliphatic heterocycles. The van der Waals surface area contributed by atoms with Crippen molar-refractivity contribution < 1.29 is 13.9 Å². The van der Waals surface area contributed by atoms with Gasteiger partial charge < -0.3 is 15.7 Å². The summed E-state index contributed by atoms with van der Waals surface area (Å²) < 4.78 is 26.8. The van der Waals surface area contributed by atoms with Crippen LogP contribution in [0.5, 0.6) is 0 Å². The number of benzene rings is 1. The van der Waals surface area contributed by atoms with Crippen LogP contribution in [0.3, 0.4) is 0 Å². The fourth-order valence-corrected chi connectivity index (χ4v) is 2.41. The molecule has 106 valence electrons. The van der Waals surface area contributed by atoms with Crippen molar-refractivity contribution in [3.63, 3.8) is 0 Å². The highest BCUT2D eigenvalue weighted by Crippen LogP contribution is 2.28. The van der Waals surface area contributed by atoms with Gasteiger partial charge in [-0.1, -0.05) is 0 Å². The summed E-state index contributed by atoms with van der Waals surface area (Å²) in [4.78, 5) is 4.03. The summed E-state index contributed by atoms with van der Waals surface area (Å²) in [5, 5.41) is 8.94. The van der Waals surface area contributed by atoms with Crippen molar-refractivity contribution in [1.29, 1.82) is 0 Å². The molecule has 0 radical (unpaired) electrons. The van der Waals surface area contributed by atoms with E-state index in [0.29, 0.717) is 25.3 Å². The Bertz CT molecular complexity index is 442. The van der Waals surface area contributed by atoms with Crippen molar-refractivity contribution in [3.8, 4) is 0 Å². The summed E-state index contributed by atoms with van der Waals surface area (Å²) in [7, 11) is 0. The number of nitrogens with zero attached hydrogens (tertiary/aromatic N) is 2. The van der Waals surface area contributed by atoms with Crippen LogP contribution in [-0.4, -0.2) is 49.3 Å². The third-order valence-electron chi connectivity index (χ3n) is 3.42. The molecule has 0 spiro atoms. The second kappa shape index (κ2) is 6.16. The summed E-state index contributed by atoms with van der Waals surface area (Å²) in [6, 6.07) is 2.08. The molecule has 1 saturated heterocycles. The molecular weight excluding hydrogens is 252 g/mol. The van der Waals surface area contributed by atoms with E-state index in [2.05, 4.69) is 4.90 Å². The minimum Gasteiger partial charge on any atom is -0.395 e. The molecule has 0 atom stereocenters. The second-order valence-electron chi connectivity index (χ2n) is 4.73. The van der Waals surface area contributed by atoms with Gasteiger partial charge in [-0.3, -0.25) is 4.90 Å². The molecule has 1 heterocycles. The van der Waals surface area contributed by atoms with Crippen molar-refractivity contribution in [1.82, 2.24) is 4.90 Å². The fraction of sp³-hybridized carbons (Fsp3) is 0.538. The summed E-state index contributed by atoms with van der Waals surface area (Å²) in [6.07, 6.45) is 0.873. The predicted molar refractivity (Wildman–Crippen MR) is 71.1 cm³/mol. The number of nitrogen functional groups attached to an aromatic ring is 1. The number of anilines is 2. The van der Waals surface area contributed by atoms with Crippen LogP contribution in [0.15, 0.2) is 12.1 Å². The first kappa shape index (κ1) is 14.0. The molecular formula is C13H19F2N3O. The van der Waals surface area contributed by atoms with Crippen LogP contribution >= 0.6 is 0 Å². The molecule has 0 aliphatic carbocycles. The molecule has 19 heavy (non-hydrogen) atoms. The van der Waals surface area contributed by atoms with E-state index in [4.69, 9.17) is 10.8 Å². The number of β-amino-alcohol motifs (C(OH)–C–C–N with tert-alkyl or cyclic N) is 1. The van der Waals surface area contributed by atoms with Gasteiger partial charge in [-0.2, -0.15) is 0 Å². The summed E-state index contributed by atoms with van der Waals surface area (Å²) >= 11 is 0. The molecule has 0 aromatic heterocycles. The molecule has 1 aromatic rings. The molecule has 1 aromatic carbocycles. The average Bonchev–Trinajstić information content (AvgIpc) is 2.60. The number of aliphatic hydroxyl groups is 1. The van der Waals surface area contributed by atoms with Crippen molar-refractivity contribution in [2.24, 2.45) is 0 Å². The van der Waals surface area contributed by atoms with Gasteiger partial charge in [0.25, 0.3) is 0 Å². The van der Waals surface area contributed by atoms with Crippen LogP contribution in [0.2, 0.25) is 0 Å². The van der Waals surface area contributed by atoms with Crippen molar-refractivity contribution in [3.05, 3.63) is 23.8 Å². The van der Waals surface area contributed by atoms with E-state index in [1.807, 2.05) is 4.90 Å². The Kier molecular flexibility index (Phi) is 4.55. The van der Waals surface area contributed by atoms with Gasteiger partial charge in [0.1, 0.15) is 5.82 Å². The third-order valence-corrected chi connectivity index (χ3v) is 3.42. The molecule has 0 saturated carbocycles. The van der Waals surface area contributed by atoms with Gasteiger partial charge in [-0.15, -0.1) is 0 Å². The smallest absolute Gasteiger partial charge is 0.151 e.